The van der Waals surface area contributed by atoms with Crippen molar-refractivity contribution in [3.8, 4) is 11.5 Å². The fourth-order valence-electron chi connectivity index (χ4n) is 4.49. The molecule has 1 aliphatic heterocycles. The minimum atomic E-state index is -0.0667. The summed E-state index contributed by atoms with van der Waals surface area (Å²) >= 11 is 3.17. The van der Waals surface area contributed by atoms with E-state index in [2.05, 4.69) is 22.4 Å². The number of hydrogen-bond donors (Lipinski definition) is 1. The lowest BCUT2D eigenvalue weighted by molar-refractivity contribution is -0.118. The molecule has 0 bridgehead atoms. The number of aromatic nitrogens is 4. The molecule has 1 aliphatic carbocycles. The summed E-state index contributed by atoms with van der Waals surface area (Å²) in [6.45, 7) is 4.95. The molecule has 170 valence electrons. The number of thiophene rings is 1. The summed E-state index contributed by atoms with van der Waals surface area (Å²) in [5, 5.41) is 13.7. The van der Waals surface area contributed by atoms with Crippen molar-refractivity contribution in [2.45, 2.75) is 44.8 Å². The van der Waals surface area contributed by atoms with Gasteiger partial charge in [-0.2, -0.15) is 0 Å². The van der Waals surface area contributed by atoms with Gasteiger partial charge in [0.05, 0.1) is 11.1 Å². The first-order valence-corrected chi connectivity index (χ1v) is 12.8. The van der Waals surface area contributed by atoms with E-state index in [9.17, 15) is 4.79 Å². The molecular weight excluding hydrogens is 458 g/mol. The molecule has 10 heteroatoms. The van der Waals surface area contributed by atoms with Gasteiger partial charge in [0.1, 0.15) is 10.7 Å². The first kappa shape index (κ1) is 20.7. The van der Waals surface area contributed by atoms with Crippen LogP contribution in [-0.2, 0) is 24.2 Å². The third-order valence-corrected chi connectivity index (χ3v) is 8.27. The van der Waals surface area contributed by atoms with Crippen LogP contribution in [0.15, 0.2) is 23.4 Å². The van der Waals surface area contributed by atoms with Gasteiger partial charge in [-0.1, -0.05) is 24.8 Å². The van der Waals surface area contributed by atoms with Gasteiger partial charge >= 0.3 is 0 Å². The van der Waals surface area contributed by atoms with Crippen LogP contribution in [0.25, 0.3) is 15.9 Å². The highest BCUT2D eigenvalue weighted by molar-refractivity contribution is 7.99. The Hall–Kier alpha value is -2.85. The number of aryl methyl sites for hydroxylation is 2. The van der Waals surface area contributed by atoms with E-state index in [4.69, 9.17) is 14.5 Å². The SMILES string of the molecule is Cc1nc2sc3c(c2c2nnc(SCC(=O)NCc4ccc5c(c4)OCO5)n12)CC[C@@H](C)C3. The summed E-state index contributed by atoms with van der Waals surface area (Å²) in [6.07, 6.45) is 3.37. The number of benzene rings is 1. The molecule has 4 aromatic rings. The molecule has 4 heterocycles. The Kier molecular flexibility index (Phi) is 5.14. The number of hydrogen-bond acceptors (Lipinski definition) is 8. The number of amides is 1. The van der Waals surface area contributed by atoms with Crippen LogP contribution in [0.4, 0.5) is 0 Å². The van der Waals surface area contributed by atoms with E-state index in [-0.39, 0.29) is 18.5 Å². The lowest BCUT2D eigenvalue weighted by atomic mass is 9.89. The smallest absolute Gasteiger partial charge is 0.231 e. The van der Waals surface area contributed by atoms with Crippen molar-refractivity contribution in [3.05, 3.63) is 40.0 Å². The van der Waals surface area contributed by atoms with E-state index in [1.807, 2.05) is 29.5 Å². The van der Waals surface area contributed by atoms with Crippen LogP contribution >= 0.6 is 23.1 Å². The fourth-order valence-corrected chi connectivity index (χ4v) is 6.72. The van der Waals surface area contributed by atoms with Gasteiger partial charge in [0.2, 0.25) is 12.7 Å². The van der Waals surface area contributed by atoms with Gasteiger partial charge in [-0.05, 0) is 55.4 Å². The average molecular weight is 482 g/mol. The lowest BCUT2D eigenvalue weighted by Crippen LogP contribution is -2.24. The molecule has 0 saturated carbocycles. The van der Waals surface area contributed by atoms with Gasteiger partial charge in [-0.25, -0.2) is 4.98 Å². The Balaban J connectivity index is 1.18. The fraction of sp³-hybridized carbons (Fsp3) is 0.391. The second-order valence-electron chi connectivity index (χ2n) is 8.59. The summed E-state index contributed by atoms with van der Waals surface area (Å²) in [6, 6.07) is 5.68. The summed E-state index contributed by atoms with van der Waals surface area (Å²) in [4.78, 5) is 19.8. The second-order valence-corrected chi connectivity index (χ2v) is 10.6. The van der Waals surface area contributed by atoms with Crippen molar-refractivity contribution in [1.29, 1.82) is 0 Å². The highest BCUT2D eigenvalue weighted by Gasteiger charge is 2.25. The number of carbonyl (C=O) groups excluding carboxylic acids is 1. The van der Waals surface area contributed by atoms with Crippen LogP contribution in [0.1, 0.15) is 35.2 Å². The molecule has 2 aliphatic rings. The topological polar surface area (TPSA) is 90.6 Å². The average Bonchev–Trinajstić information content (AvgIpc) is 3.51. The van der Waals surface area contributed by atoms with Gasteiger partial charge in [0, 0.05) is 11.4 Å². The predicted molar refractivity (Wildman–Crippen MR) is 127 cm³/mol. The van der Waals surface area contributed by atoms with E-state index in [1.165, 1.54) is 28.6 Å². The van der Waals surface area contributed by atoms with Crippen LogP contribution in [0.2, 0.25) is 0 Å². The Morgan fingerprint density at radius 1 is 1.30 bits per heavy atom. The summed E-state index contributed by atoms with van der Waals surface area (Å²) in [5.41, 5.74) is 3.20. The lowest BCUT2D eigenvalue weighted by Gasteiger charge is -2.17. The van der Waals surface area contributed by atoms with Crippen molar-refractivity contribution in [2.75, 3.05) is 12.5 Å². The van der Waals surface area contributed by atoms with E-state index in [0.29, 0.717) is 23.4 Å². The first-order valence-electron chi connectivity index (χ1n) is 11.0. The van der Waals surface area contributed by atoms with Gasteiger partial charge in [-0.3, -0.25) is 9.20 Å². The third kappa shape index (κ3) is 3.71. The zero-order valence-electron chi connectivity index (χ0n) is 18.4. The normalized spacial score (nSPS) is 17.0. The van der Waals surface area contributed by atoms with E-state index < -0.39 is 0 Å². The summed E-state index contributed by atoms with van der Waals surface area (Å²) < 4.78 is 12.7. The van der Waals surface area contributed by atoms with Crippen molar-refractivity contribution >= 4 is 44.9 Å². The predicted octanol–water partition coefficient (Wildman–Crippen LogP) is 3.91. The molecule has 1 amide bonds. The zero-order chi connectivity index (χ0) is 22.5. The Morgan fingerprint density at radius 3 is 3.09 bits per heavy atom. The number of fused-ring (bicyclic) bond motifs is 6. The molecule has 1 atom stereocenters. The number of rotatable bonds is 5. The number of ether oxygens (including phenoxy) is 2. The minimum Gasteiger partial charge on any atom is -0.454 e. The molecule has 1 N–H and O–H groups in total. The molecule has 0 saturated heterocycles. The third-order valence-electron chi connectivity index (χ3n) is 6.20. The molecular formula is C23H23N5O3S2. The highest BCUT2D eigenvalue weighted by atomic mass is 32.2. The molecule has 33 heavy (non-hydrogen) atoms. The molecule has 8 nitrogen and oxygen atoms in total. The van der Waals surface area contributed by atoms with E-state index in [0.717, 1.165) is 45.8 Å². The van der Waals surface area contributed by atoms with Gasteiger partial charge in [0.25, 0.3) is 0 Å². The molecule has 3 aromatic heterocycles. The van der Waals surface area contributed by atoms with Gasteiger partial charge in [0.15, 0.2) is 22.3 Å². The Bertz CT molecular complexity index is 1400. The number of nitrogens with one attached hydrogen (secondary N) is 1. The maximum absolute atomic E-state index is 12.5. The van der Waals surface area contributed by atoms with Gasteiger partial charge in [-0.15, -0.1) is 21.5 Å². The van der Waals surface area contributed by atoms with Crippen LogP contribution < -0.4 is 14.8 Å². The van der Waals surface area contributed by atoms with E-state index >= 15 is 0 Å². The van der Waals surface area contributed by atoms with Crippen molar-refractivity contribution < 1.29 is 14.3 Å². The number of thioether (sulfide) groups is 1. The number of nitrogens with zero attached hydrogens (tertiary/aromatic N) is 4. The monoisotopic (exact) mass is 481 g/mol. The number of carbonyl (C=O) groups is 1. The minimum absolute atomic E-state index is 0.0667. The Morgan fingerprint density at radius 2 is 2.18 bits per heavy atom. The van der Waals surface area contributed by atoms with Gasteiger partial charge < -0.3 is 14.8 Å². The molecule has 1 aromatic carbocycles. The maximum atomic E-state index is 12.5. The quantitative estimate of drug-likeness (QED) is 0.432. The van der Waals surface area contributed by atoms with Crippen LogP contribution in [-0.4, -0.2) is 38.0 Å². The summed E-state index contributed by atoms with van der Waals surface area (Å²) in [7, 11) is 0. The zero-order valence-corrected chi connectivity index (χ0v) is 20.0. The van der Waals surface area contributed by atoms with Crippen LogP contribution in [0.5, 0.6) is 11.5 Å². The summed E-state index contributed by atoms with van der Waals surface area (Å²) in [5.74, 6) is 3.19. The molecule has 0 unspecified atom stereocenters. The second kappa shape index (κ2) is 8.18. The van der Waals surface area contributed by atoms with Crippen LogP contribution in [0, 0.1) is 12.8 Å². The standard InChI is InChI=1S/C23H23N5O3S2/c1-12-3-5-15-18(7-12)33-22-20(15)21-26-27-23(28(21)13(2)25-22)32-10-19(29)24-9-14-4-6-16-17(8-14)31-11-30-16/h4,6,8,12H,3,5,7,9-11H2,1-2H3,(H,24,29)/t12-/m1/s1. The molecule has 0 spiro atoms. The largest absolute Gasteiger partial charge is 0.454 e. The first-order chi connectivity index (χ1) is 16.1. The molecule has 0 fully saturated rings. The molecule has 6 rings (SSSR count). The van der Waals surface area contributed by atoms with Crippen molar-refractivity contribution in [2.24, 2.45) is 5.92 Å². The van der Waals surface area contributed by atoms with E-state index in [1.54, 1.807) is 11.3 Å². The maximum Gasteiger partial charge on any atom is 0.231 e. The molecule has 0 radical (unpaired) electrons. The van der Waals surface area contributed by atoms with Crippen molar-refractivity contribution in [1.82, 2.24) is 24.9 Å². The Labute approximate surface area is 198 Å². The van der Waals surface area contributed by atoms with Crippen molar-refractivity contribution in [3.63, 3.8) is 0 Å². The van der Waals surface area contributed by atoms with Crippen LogP contribution in [0.3, 0.4) is 0 Å². The highest BCUT2D eigenvalue weighted by Crippen LogP contribution is 2.39.